The molecule has 6 nitrogen and oxygen atoms in total. The summed E-state index contributed by atoms with van der Waals surface area (Å²) < 4.78 is 2.16. The van der Waals surface area contributed by atoms with Gasteiger partial charge in [0.25, 0.3) is 0 Å². The van der Waals surface area contributed by atoms with E-state index in [9.17, 15) is 0 Å². The molecule has 2 aromatic rings. The number of hydrogen-bond donors (Lipinski definition) is 1. The molecule has 0 saturated carbocycles. The highest BCUT2D eigenvalue weighted by Crippen LogP contribution is 2.27. The highest BCUT2D eigenvalue weighted by atomic mass is 32.1. The van der Waals surface area contributed by atoms with Gasteiger partial charge < -0.3 is 14.8 Å². The van der Waals surface area contributed by atoms with Crippen molar-refractivity contribution in [2.45, 2.75) is 19.5 Å². The first-order valence-corrected chi connectivity index (χ1v) is 6.84. The van der Waals surface area contributed by atoms with Crippen molar-refractivity contribution >= 4 is 16.5 Å². The molecular weight excluding hydrogens is 248 g/mol. The Morgan fingerprint density at radius 3 is 3.00 bits per heavy atom. The van der Waals surface area contributed by atoms with E-state index in [2.05, 4.69) is 32.0 Å². The van der Waals surface area contributed by atoms with E-state index >= 15 is 0 Å². The lowest BCUT2D eigenvalue weighted by molar-refractivity contribution is 0.439. The fourth-order valence-electron chi connectivity index (χ4n) is 2.10. The molecule has 0 amide bonds. The summed E-state index contributed by atoms with van der Waals surface area (Å²) in [7, 11) is 3.99. The standard InChI is InChI=1S/C11H16N6S/c1-7-9-14-15-10(17(9)5-4-12-7)8-6-18-11(13-8)16(2)3/h6-7,12H,4-5H2,1-3H3. The predicted molar refractivity (Wildman–Crippen MR) is 71.9 cm³/mol. The highest BCUT2D eigenvalue weighted by Gasteiger charge is 2.23. The minimum absolute atomic E-state index is 0.256. The van der Waals surface area contributed by atoms with E-state index in [-0.39, 0.29) is 6.04 Å². The Balaban J connectivity index is 2.01. The summed E-state index contributed by atoms with van der Waals surface area (Å²) in [6.07, 6.45) is 0. The average Bonchev–Trinajstić information content (AvgIpc) is 2.94. The zero-order valence-electron chi connectivity index (χ0n) is 10.7. The molecule has 0 spiro atoms. The van der Waals surface area contributed by atoms with E-state index in [1.807, 2.05) is 24.4 Å². The van der Waals surface area contributed by atoms with Gasteiger partial charge in [0.15, 0.2) is 11.0 Å². The number of aromatic nitrogens is 4. The molecule has 0 aromatic carbocycles. The molecule has 1 unspecified atom stereocenters. The van der Waals surface area contributed by atoms with E-state index in [0.29, 0.717) is 0 Å². The monoisotopic (exact) mass is 264 g/mol. The van der Waals surface area contributed by atoms with Crippen LogP contribution in [0.3, 0.4) is 0 Å². The van der Waals surface area contributed by atoms with Crippen molar-refractivity contribution in [2.24, 2.45) is 0 Å². The molecule has 0 radical (unpaired) electrons. The van der Waals surface area contributed by atoms with Gasteiger partial charge in [-0.05, 0) is 6.92 Å². The SMILES string of the molecule is CC1NCCn2c(-c3csc(N(C)C)n3)nnc21. The maximum atomic E-state index is 4.59. The third-order valence-corrected chi connectivity index (χ3v) is 4.06. The van der Waals surface area contributed by atoms with Gasteiger partial charge in [-0.15, -0.1) is 21.5 Å². The maximum Gasteiger partial charge on any atom is 0.185 e. The Morgan fingerprint density at radius 2 is 2.28 bits per heavy atom. The minimum atomic E-state index is 0.256. The van der Waals surface area contributed by atoms with Crippen molar-refractivity contribution in [2.75, 3.05) is 25.5 Å². The molecule has 1 aliphatic heterocycles. The summed E-state index contributed by atoms with van der Waals surface area (Å²) in [5.74, 6) is 1.87. The van der Waals surface area contributed by atoms with Crippen LogP contribution >= 0.6 is 11.3 Å². The summed E-state index contributed by atoms with van der Waals surface area (Å²) in [6, 6.07) is 0.256. The fraction of sp³-hybridized carbons (Fsp3) is 0.545. The molecule has 3 rings (SSSR count). The Hall–Kier alpha value is -1.47. The maximum absolute atomic E-state index is 4.59. The van der Waals surface area contributed by atoms with E-state index in [4.69, 9.17) is 0 Å². The van der Waals surface area contributed by atoms with Gasteiger partial charge in [-0.2, -0.15) is 0 Å². The van der Waals surface area contributed by atoms with Crippen molar-refractivity contribution in [3.05, 3.63) is 11.2 Å². The fourth-order valence-corrected chi connectivity index (χ4v) is 2.84. The van der Waals surface area contributed by atoms with Crippen LogP contribution in [0.1, 0.15) is 18.8 Å². The van der Waals surface area contributed by atoms with E-state index < -0.39 is 0 Å². The lowest BCUT2D eigenvalue weighted by Crippen LogP contribution is -2.32. The van der Waals surface area contributed by atoms with Gasteiger partial charge in [0.05, 0.1) is 6.04 Å². The zero-order chi connectivity index (χ0) is 12.7. The summed E-state index contributed by atoms with van der Waals surface area (Å²) in [6.45, 7) is 3.95. The van der Waals surface area contributed by atoms with Crippen molar-refractivity contribution < 1.29 is 0 Å². The summed E-state index contributed by atoms with van der Waals surface area (Å²) in [5, 5.41) is 15.0. The molecule has 18 heavy (non-hydrogen) atoms. The number of nitrogens with zero attached hydrogens (tertiary/aromatic N) is 5. The topological polar surface area (TPSA) is 58.9 Å². The van der Waals surface area contributed by atoms with Crippen molar-refractivity contribution in [3.63, 3.8) is 0 Å². The second kappa shape index (κ2) is 4.33. The van der Waals surface area contributed by atoms with Crippen LogP contribution < -0.4 is 10.2 Å². The molecular formula is C11H16N6S. The zero-order valence-corrected chi connectivity index (χ0v) is 11.5. The van der Waals surface area contributed by atoms with Crippen LogP contribution in [0.5, 0.6) is 0 Å². The van der Waals surface area contributed by atoms with Crippen LogP contribution in [0.15, 0.2) is 5.38 Å². The van der Waals surface area contributed by atoms with Crippen LogP contribution in [0.25, 0.3) is 11.5 Å². The van der Waals surface area contributed by atoms with Crippen LogP contribution in [-0.2, 0) is 6.54 Å². The molecule has 0 fully saturated rings. The molecule has 96 valence electrons. The third kappa shape index (κ3) is 1.79. The van der Waals surface area contributed by atoms with Crippen LogP contribution in [-0.4, -0.2) is 40.4 Å². The van der Waals surface area contributed by atoms with Gasteiger partial charge >= 0.3 is 0 Å². The van der Waals surface area contributed by atoms with Gasteiger partial charge in [-0.25, -0.2) is 4.98 Å². The molecule has 7 heteroatoms. The first-order valence-electron chi connectivity index (χ1n) is 5.96. The second-order valence-corrected chi connectivity index (χ2v) is 5.46. The molecule has 0 saturated heterocycles. The first-order chi connectivity index (χ1) is 8.66. The highest BCUT2D eigenvalue weighted by molar-refractivity contribution is 7.14. The first kappa shape index (κ1) is 11.6. The second-order valence-electron chi connectivity index (χ2n) is 4.62. The molecule has 3 heterocycles. The van der Waals surface area contributed by atoms with Gasteiger partial charge in [-0.1, -0.05) is 0 Å². The number of rotatable bonds is 2. The molecule has 1 atom stereocenters. The minimum Gasteiger partial charge on any atom is -0.354 e. The van der Waals surface area contributed by atoms with Crippen molar-refractivity contribution in [1.29, 1.82) is 0 Å². The number of hydrogen-bond acceptors (Lipinski definition) is 6. The Bertz CT molecular complexity index is 558. The largest absolute Gasteiger partial charge is 0.354 e. The van der Waals surface area contributed by atoms with Crippen LogP contribution in [0.4, 0.5) is 5.13 Å². The van der Waals surface area contributed by atoms with Gasteiger partial charge in [0.1, 0.15) is 11.5 Å². The van der Waals surface area contributed by atoms with Crippen LogP contribution in [0.2, 0.25) is 0 Å². The van der Waals surface area contributed by atoms with Crippen molar-refractivity contribution in [1.82, 2.24) is 25.1 Å². The van der Waals surface area contributed by atoms with E-state index in [1.165, 1.54) is 0 Å². The molecule has 1 N–H and O–H groups in total. The lowest BCUT2D eigenvalue weighted by atomic mass is 10.2. The molecule has 0 bridgehead atoms. The lowest BCUT2D eigenvalue weighted by Gasteiger charge is -2.21. The third-order valence-electron chi connectivity index (χ3n) is 3.06. The number of anilines is 1. The summed E-state index contributed by atoms with van der Waals surface area (Å²) >= 11 is 1.63. The Kier molecular flexibility index (Phi) is 2.79. The Morgan fingerprint density at radius 1 is 1.44 bits per heavy atom. The van der Waals surface area contributed by atoms with Crippen LogP contribution in [0, 0.1) is 0 Å². The summed E-state index contributed by atoms with van der Waals surface area (Å²) in [4.78, 5) is 6.59. The normalized spacial score (nSPS) is 18.7. The summed E-state index contributed by atoms with van der Waals surface area (Å²) in [5.41, 5.74) is 0.913. The smallest absolute Gasteiger partial charge is 0.185 e. The van der Waals surface area contributed by atoms with Gasteiger partial charge in [0, 0.05) is 32.6 Å². The van der Waals surface area contributed by atoms with E-state index in [0.717, 1.165) is 35.6 Å². The number of fused-ring (bicyclic) bond motifs is 1. The van der Waals surface area contributed by atoms with Gasteiger partial charge in [-0.3, -0.25) is 0 Å². The number of nitrogens with one attached hydrogen (secondary N) is 1. The van der Waals surface area contributed by atoms with Gasteiger partial charge in [0.2, 0.25) is 0 Å². The van der Waals surface area contributed by atoms with E-state index in [1.54, 1.807) is 11.3 Å². The quantitative estimate of drug-likeness (QED) is 0.881. The molecule has 0 aliphatic carbocycles. The molecule has 2 aromatic heterocycles. The predicted octanol–water partition coefficient (Wildman–Crippen LogP) is 1.13. The molecule has 1 aliphatic rings. The number of thiazole rings is 1. The van der Waals surface area contributed by atoms with Crippen molar-refractivity contribution in [3.8, 4) is 11.5 Å². The average molecular weight is 264 g/mol. The Labute approximate surface area is 110 Å².